The standard InChI is InChI=1S/C18H21NO.ClH/c1-13-10-14(8-9-18(13)20-2)12-19-17-11-16(17)15-6-4-3-5-7-15;/h3-10,16-17,19H,11-12H2,1-2H3;1H/t16-,17+;/m0./s1. The third-order valence-electron chi connectivity index (χ3n) is 4.05. The minimum Gasteiger partial charge on any atom is -0.496 e. The van der Waals surface area contributed by atoms with E-state index in [2.05, 4.69) is 54.7 Å². The maximum absolute atomic E-state index is 5.29. The summed E-state index contributed by atoms with van der Waals surface area (Å²) in [6.07, 6.45) is 1.25. The molecule has 2 aromatic carbocycles. The Labute approximate surface area is 132 Å². The SMILES string of the molecule is COc1ccc(CN[C@@H]2C[C@H]2c2ccccc2)cc1C.Cl. The van der Waals surface area contributed by atoms with Crippen LogP contribution >= 0.6 is 12.4 Å². The molecule has 3 heteroatoms. The van der Waals surface area contributed by atoms with Crippen LogP contribution in [0.3, 0.4) is 0 Å². The molecule has 0 unspecified atom stereocenters. The Bertz CT molecular complexity index is 585. The lowest BCUT2D eigenvalue weighted by Gasteiger charge is -2.08. The quantitative estimate of drug-likeness (QED) is 0.899. The predicted molar refractivity (Wildman–Crippen MR) is 89.4 cm³/mol. The highest BCUT2D eigenvalue weighted by Gasteiger charge is 2.37. The van der Waals surface area contributed by atoms with Crippen molar-refractivity contribution in [2.75, 3.05) is 7.11 Å². The number of ether oxygens (including phenoxy) is 1. The maximum atomic E-state index is 5.29. The van der Waals surface area contributed by atoms with Gasteiger partial charge < -0.3 is 10.1 Å². The van der Waals surface area contributed by atoms with Gasteiger partial charge in [0.25, 0.3) is 0 Å². The summed E-state index contributed by atoms with van der Waals surface area (Å²) >= 11 is 0. The highest BCUT2D eigenvalue weighted by Crippen LogP contribution is 2.40. The van der Waals surface area contributed by atoms with Crippen LogP contribution in [0.2, 0.25) is 0 Å². The van der Waals surface area contributed by atoms with E-state index in [9.17, 15) is 0 Å². The Balaban J connectivity index is 0.00000161. The van der Waals surface area contributed by atoms with Gasteiger partial charge >= 0.3 is 0 Å². The molecule has 1 saturated carbocycles. The lowest BCUT2D eigenvalue weighted by atomic mass is 10.1. The van der Waals surface area contributed by atoms with Crippen LogP contribution in [0.5, 0.6) is 5.75 Å². The molecule has 0 radical (unpaired) electrons. The van der Waals surface area contributed by atoms with Gasteiger partial charge in [-0.25, -0.2) is 0 Å². The monoisotopic (exact) mass is 303 g/mol. The highest BCUT2D eigenvalue weighted by atomic mass is 35.5. The topological polar surface area (TPSA) is 21.3 Å². The summed E-state index contributed by atoms with van der Waals surface area (Å²) in [7, 11) is 1.72. The Morgan fingerprint density at radius 1 is 1.14 bits per heavy atom. The molecule has 0 aliphatic heterocycles. The Kier molecular flexibility index (Phi) is 5.27. The number of hydrogen-bond donors (Lipinski definition) is 1. The van der Waals surface area contributed by atoms with E-state index in [1.807, 2.05) is 6.07 Å². The van der Waals surface area contributed by atoms with Crippen molar-refractivity contribution in [3.05, 3.63) is 65.2 Å². The summed E-state index contributed by atoms with van der Waals surface area (Å²) in [5.74, 6) is 1.65. The summed E-state index contributed by atoms with van der Waals surface area (Å²) < 4.78 is 5.29. The van der Waals surface area contributed by atoms with Crippen molar-refractivity contribution in [2.24, 2.45) is 0 Å². The van der Waals surface area contributed by atoms with Gasteiger partial charge in [-0.05, 0) is 36.1 Å². The molecule has 21 heavy (non-hydrogen) atoms. The molecule has 0 heterocycles. The second kappa shape index (κ2) is 6.97. The van der Waals surface area contributed by atoms with E-state index in [0.29, 0.717) is 12.0 Å². The van der Waals surface area contributed by atoms with Gasteiger partial charge in [-0.15, -0.1) is 12.4 Å². The minimum atomic E-state index is 0. The van der Waals surface area contributed by atoms with E-state index in [4.69, 9.17) is 4.74 Å². The molecule has 1 fully saturated rings. The first kappa shape index (κ1) is 15.9. The zero-order chi connectivity index (χ0) is 13.9. The minimum absolute atomic E-state index is 0. The van der Waals surface area contributed by atoms with Gasteiger partial charge in [0.2, 0.25) is 0 Å². The van der Waals surface area contributed by atoms with Crippen LogP contribution in [0.15, 0.2) is 48.5 Å². The van der Waals surface area contributed by atoms with Gasteiger partial charge in [0.05, 0.1) is 7.11 Å². The van der Waals surface area contributed by atoms with E-state index < -0.39 is 0 Å². The molecule has 0 amide bonds. The molecule has 112 valence electrons. The number of nitrogens with one attached hydrogen (secondary N) is 1. The van der Waals surface area contributed by atoms with Crippen LogP contribution < -0.4 is 10.1 Å². The molecule has 1 N–H and O–H groups in total. The summed E-state index contributed by atoms with van der Waals surface area (Å²) in [6.45, 7) is 3.02. The van der Waals surface area contributed by atoms with E-state index in [0.717, 1.165) is 12.3 Å². The molecule has 0 bridgehead atoms. The number of hydrogen-bond acceptors (Lipinski definition) is 2. The molecule has 2 atom stereocenters. The fourth-order valence-electron chi connectivity index (χ4n) is 2.79. The van der Waals surface area contributed by atoms with E-state index >= 15 is 0 Å². The predicted octanol–water partition coefficient (Wildman–Crippen LogP) is 4.07. The van der Waals surface area contributed by atoms with Crippen LogP contribution in [-0.4, -0.2) is 13.2 Å². The zero-order valence-corrected chi connectivity index (χ0v) is 13.3. The Morgan fingerprint density at radius 3 is 2.57 bits per heavy atom. The van der Waals surface area contributed by atoms with Gasteiger partial charge in [0.1, 0.15) is 5.75 Å². The highest BCUT2D eigenvalue weighted by molar-refractivity contribution is 5.85. The van der Waals surface area contributed by atoms with Gasteiger partial charge in [-0.2, -0.15) is 0 Å². The second-order valence-corrected chi connectivity index (χ2v) is 5.54. The molecular weight excluding hydrogens is 282 g/mol. The fraction of sp³-hybridized carbons (Fsp3) is 0.333. The number of halogens is 1. The number of rotatable bonds is 5. The zero-order valence-electron chi connectivity index (χ0n) is 12.5. The molecule has 1 aliphatic carbocycles. The van der Waals surface area contributed by atoms with Crippen LogP contribution in [0.1, 0.15) is 29.0 Å². The van der Waals surface area contributed by atoms with E-state index in [1.165, 1.54) is 23.1 Å². The summed E-state index contributed by atoms with van der Waals surface area (Å²) in [5, 5.41) is 3.65. The lowest BCUT2D eigenvalue weighted by Crippen LogP contribution is -2.17. The maximum Gasteiger partial charge on any atom is 0.121 e. The fourth-order valence-corrected chi connectivity index (χ4v) is 2.79. The largest absolute Gasteiger partial charge is 0.496 e. The van der Waals surface area contributed by atoms with Crippen molar-refractivity contribution in [1.29, 1.82) is 0 Å². The van der Waals surface area contributed by atoms with Gasteiger partial charge in [-0.1, -0.05) is 42.5 Å². The molecular formula is C18H22ClNO. The van der Waals surface area contributed by atoms with Gasteiger partial charge in [0, 0.05) is 18.5 Å². The van der Waals surface area contributed by atoms with E-state index in [1.54, 1.807) is 7.11 Å². The summed E-state index contributed by atoms with van der Waals surface area (Å²) in [4.78, 5) is 0. The molecule has 0 aromatic heterocycles. The van der Waals surface area contributed by atoms with Gasteiger partial charge in [0.15, 0.2) is 0 Å². The third kappa shape index (κ3) is 3.78. The second-order valence-electron chi connectivity index (χ2n) is 5.54. The smallest absolute Gasteiger partial charge is 0.121 e. The Hall–Kier alpha value is -1.51. The van der Waals surface area contributed by atoms with Crippen molar-refractivity contribution in [2.45, 2.75) is 31.8 Å². The lowest BCUT2D eigenvalue weighted by molar-refractivity contribution is 0.411. The number of methoxy groups -OCH3 is 1. The average molecular weight is 304 g/mol. The van der Waals surface area contributed by atoms with Crippen molar-refractivity contribution >= 4 is 12.4 Å². The first-order chi connectivity index (χ1) is 9.78. The molecule has 0 saturated heterocycles. The first-order valence-electron chi connectivity index (χ1n) is 7.20. The van der Waals surface area contributed by atoms with Crippen molar-refractivity contribution < 1.29 is 4.74 Å². The molecule has 0 spiro atoms. The Morgan fingerprint density at radius 2 is 1.90 bits per heavy atom. The van der Waals surface area contributed by atoms with Crippen molar-refractivity contribution in [3.8, 4) is 5.75 Å². The molecule has 2 aromatic rings. The van der Waals surface area contributed by atoms with Crippen molar-refractivity contribution in [3.63, 3.8) is 0 Å². The molecule has 1 aliphatic rings. The summed E-state index contributed by atoms with van der Waals surface area (Å²) in [5.41, 5.74) is 3.97. The van der Waals surface area contributed by atoms with Crippen LogP contribution in [-0.2, 0) is 6.54 Å². The third-order valence-corrected chi connectivity index (χ3v) is 4.05. The molecule has 2 nitrogen and oxygen atoms in total. The van der Waals surface area contributed by atoms with Gasteiger partial charge in [-0.3, -0.25) is 0 Å². The number of aryl methyl sites for hydroxylation is 1. The van der Waals surface area contributed by atoms with Crippen LogP contribution in [0.4, 0.5) is 0 Å². The summed E-state index contributed by atoms with van der Waals surface area (Å²) in [6, 6.07) is 17.8. The van der Waals surface area contributed by atoms with E-state index in [-0.39, 0.29) is 12.4 Å². The van der Waals surface area contributed by atoms with Crippen LogP contribution in [0, 0.1) is 6.92 Å². The first-order valence-corrected chi connectivity index (χ1v) is 7.20. The molecule has 3 rings (SSSR count). The number of benzene rings is 2. The van der Waals surface area contributed by atoms with Crippen LogP contribution in [0.25, 0.3) is 0 Å². The average Bonchev–Trinajstić information content (AvgIpc) is 3.26. The normalized spacial score (nSPS) is 19.7. The van der Waals surface area contributed by atoms with Crippen molar-refractivity contribution in [1.82, 2.24) is 5.32 Å².